The lowest BCUT2D eigenvalue weighted by Crippen LogP contribution is -2.21. The highest BCUT2D eigenvalue weighted by Crippen LogP contribution is 2.34. The molecule has 244 valence electrons. The van der Waals surface area contributed by atoms with Crippen LogP contribution in [-0.4, -0.2) is 72.3 Å². The number of hydrogen-bond donors (Lipinski definition) is 2. The lowest BCUT2D eigenvalue weighted by molar-refractivity contribution is 0.208. The summed E-state index contributed by atoms with van der Waals surface area (Å²) < 4.78 is 12.3. The van der Waals surface area contributed by atoms with Gasteiger partial charge in [-0.25, -0.2) is 9.97 Å². The number of hydrogen-bond acceptors (Lipinski definition) is 8. The first-order chi connectivity index (χ1) is 22.0. The second kappa shape index (κ2) is 15.0. The van der Waals surface area contributed by atoms with Gasteiger partial charge in [-0.1, -0.05) is 39.8 Å². The second-order valence-electron chi connectivity index (χ2n) is 13.3. The molecule has 0 saturated carbocycles. The fourth-order valence-electron chi connectivity index (χ4n) is 6.22. The van der Waals surface area contributed by atoms with Crippen LogP contribution >= 0.6 is 0 Å². The minimum absolute atomic E-state index is 0.288. The Labute approximate surface area is 274 Å². The highest BCUT2D eigenvalue weighted by molar-refractivity contribution is 5.68. The number of nitrogens with zero attached hydrogens (tertiary/aromatic N) is 4. The van der Waals surface area contributed by atoms with Crippen LogP contribution in [-0.2, 0) is 0 Å². The van der Waals surface area contributed by atoms with Crippen molar-refractivity contribution in [3.63, 3.8) is 0 Å². The molecule has 2 aromatic carbocycles. The van der Waals surface area contributed by atoms with Crippen LogP contribution in [0.15, 0.2) is 72.8 Å². The number of pyridine rings is 2. The van der Waals surface area contributed by atoms with Gasteiger partial charge in [-0.05, 0) is 111 Å². The molecule has 8 nitrogen and oxygen atoms in total. The van der Waals surface area contributed by atoms with Gasteiger partial charge in [0.1, 0.15) is 35.3 Å². The monoisotopic (exact) mass is 622 g/mol. The van der Waals surface area contributed by atoms with E-state index in [1.807, 2.05) is 48.5 Å². The minimum Gasteiger partial charge on any atom is -0.489 e. The Hall–Kier alpha value is -4.14. The minimum atomic E-state index is 0.288. The predicted octanol–water partition coefficient (Wildman–Crippen LogP) is 7.07. The molecule has 2 saturated heterocycles. The Morgan fingerprint density at radius 2 is 1.04 bits per heavy atom. The Bertz CT molecular complexity index is 1490. The first-order valence-corrected chi connectivity index (χ1v) is 16.5. The SMILES string of the molecule is CC(C)c1cc(OC2CCN(C)C2)ccc1-c1cccc(N)n1.CC(C)c1cc(OC2CCN(C)C2)ccc1-c1cccc(N)n1. The van der Waals surface area contributed by atoms with E-state index in [0.29, 0.717) is 23.5 Å². The quantitative estimate of drug-likeness (QED) is 0.215. The van der Waals surface area contributed by atoms with Crippen LogP contribution in [0.5, 0.6) is 11.5 Å². The van der Waals surface area contributed by atoms with Gasteiger partial charge in [0.15, 0.2) is 0 Å². The summed E-state index contributed by atoms with van der Waals surface area (Å²) in [6, 6.07) is 24.1. The van der Waals surface area contributed by atoms with Crippen molar-refractivity contribution in [3.05, 3.63) is 83.9 Å². The van der Waals surface area contributed by atoms with E-state index in [2.05, 4.69) is 85.8 Å². The van der Waals surface area contributed by atoms with Gasteiger partial charge in [-0.2, -0.15) is 0 Å². The molecular weight excluding hydrogens is 572 g/mol. The van der Waals surface area contributed by atoms with Gasteiger partial charge in [0.05, 0.1) is 11.4 Å². The van der Waals surface area contributed by atoms with Crippen molar-refractivity contribution in [2.24, 2.45) is 0 Å². The van der Waals surface area contributed by atoms with Crippen LogP contribution in [0.1, 0.15) is 63.5 Å². The van der Waals surface area contributed by atoms with E-state index in [9.17, 15) is 0 Å². The maximum atomic E-state index is 6.16. The number of benzene rings is 2. The van der Waals surface area contributed by atoms with E-state index >= 15 is 0 Å². The number of anilines is 2. The fourth-order valence-corrected chi connectivity index (χ4v) is 6.22. The second-order valence-corrected chi connectivity index (χ2v) is 13.3. The van der Waals surface area contributed by atoms with Crippen LogP contribution in [0.2, 0.25) is 0 Å². The van der Waals surface area contributed by atoms with Crippen LogP contribution in [0, 0.1) is 0 Å². The van der Waals surface area contributed by atoms with Crippen molar-refractivity contribution in [2.45, 2.75) is 64.6 Å². The number of nitrogen functional groups attached to an aromatic ring is 2. The summed E-state index contributed by atoms with van der Waals surface area (Å²) in [6.07, 6.45) is 2.76. The molecule has 2 aliphatic heterocycles. The topological polar surface area (TPSA) is 103 Å². The molecule has 8 heteroatoms. The van der Waals surface area contributed by atoms with Crippen molar-refractivity contribution in [3.8, 4) is 34.0 Å². The van der Waals surface area contributed by atoms with Gasteiger partial charge >= 0.3 is 0 Å². The third-order valence-corrected chi connectivity index (χ3v) is 8.68. The summed E-state index contributed by atoms with van der Waals surface area (Å²) in [5.74, 6) is 3.77. The number of rotatable bonds is 8. The van der Waals surface area contributed by atoms with E-state index in [1.165, 1.54) is 11.1 Å². The summed E-state index contributed by atoms with van der Waals surface area (Å²) in [7, 11) is 4.27. The average Bonchev–Trinajstić information content (AvgIpc) is 3.63. The Morgan fingerprint density at radius 1 is 0.630 bits per heavy atom. The molecule has 4 aromatic rings. The molecule has 46 heavy (non-hydrogen) atoms. The molecule has 2 aliphatic rings. The molecule has 2 fully saturated rings. The summed E-state index contributed by atoms with van der Waals surface area (Å²) in [5, 5.41) is 0. The molecule has 0 spiro atoms. The number of aromatic nitrogens is 2. The van der Waals surface area contributed by atoms with Crippen molar-refractivity contribution in [2.75, 3.05) is 51.7 Å². The molecule has 0 radical (unpaired) electrons. The van der Waals surface area contributed by atoms with Gasteiger partial charge in [-0.3, -0.25) is 0 Å². The van der Waals surface area contributed by atoms with Crippen molar-refractivity contribution >= 4 is 11.6 Å². The predicted molar refractivity (Wildman–Crippen MR) is 189 cm³/mol. The van der Waals surface area contributed by atoms with Gasteiger partial charge in [0.25, 0.3) is 0 Å². The first-order valence-electron chi connectivity index (χ1n) is 16.5. The number of likely N-dealkylation sites (N-methyl/N-ethyl adjacent to an activating group) is 2. The van der Waals surface area contributed by atoms with E-state index in [4.69, 9.17) is 20.9 Å². The Morgan fingerprint density at radius 3 is 1.37 bits per heavy atom. The highest BCUT2D eigenvalue weighted by Gasteiger charge is 2.23. The van der Waals surface area contributed by atoms with E-state index < -0.39 is 0 Å². The maximum absolute atomic E-state index is 6.16. The third-order valence-electron chi connectivity index (χ3n) is 8.68. The maximum Gasteiger partial charge on any atom is 0.124 e. The molecule has 0 aliphatic carbocycles. The van der Waals surface area contributed by atoms with Crippen molar-refractivity contribution in [1.29, 1.82) is 0 Å². The van der Waals surface area contributed by atoms with E-state index in [1.54, 1.807) is 0 Å². The van der Waals surface area contributed by atoms with Crippen LogP contribution < -0.4 is 20.9 Å². The van der Waals surface area contributed by atoms with Crippen molar-refractivity contribution in [1.82, 2.24) is 19.8 Å². The molecule has 2 atom stereocenters. The summed E-state index contributed by atoms with van der Waals surface area (Å²) in [5.41, 5.74) is 18.2. The normalized spacial score (nSPS) is 18.5. The number of nitrogens with two attached hydrogens (primary N) is 2. The lowest BCUT2D eigenvalue weighted by Gasteiger charge is -2.18. The van der Waals surface area contributed by atoms with Crippen molar-refractivity contribution < 1.29 is 9.47 Å². The van der Waals surface area contributed by atoms with E-state index in [-0.39, 0.29) is 12.2 Å². The van der Waals surface area contributed by atoms with Gasteiger partial charge < -0.3 is 30.7 Å². The Kier molecular flexibility index (Phi) is 10.8. The van der Waals surface area contributed by atoms with Crippen LogP contribution in [0.4, 0.5) is 11.6 Å². The molecule has 6 rings (SSSR count). The largest absolute Gasteiger partial charge is 0.489 e. The zero-order chi connectivity index (χ0) is 32.8. The van der Waals surface area contributed by atoms with Gasteiger partial charge in [0, 0.05) is 37.3 Å². The molecule has 0 amide bonds. The first kappa shape index (κ1) is 33.2. The summed E-state index contributed by atoms with van der Waals surface area (Å²) in [4.78, 5) is 13.5. The molecular formula is C38H50N6O2. The summed E-state index contributed by atoms with van der Waals surface area (Å²) in [6.45, 7) is 13.0. The third kappa shape index (κ3) is 8.56. The lowest BCUT2D eigenvalue weighted by atomic mass is 9.94. The zero-order valence-corrected chi connectivity index (χ0v) is 28.2. The van der Waals surface area contributed by atoms with Crippen LogP contribution in [0.25, 0.3) is 22.5 Å². The van der Waals surface area contributed by atoms with E-state index in [0.717, 1.165) is 73.0 Å². The zero-order valence-electron chi connectivity index (χ0n) is 28.2. The highest BCUT2D eigenvalue weighted by atomic mass is 16.5. The van der Waals surface area contributed by atoms with Gasteiger partial charge in [0.2, 0.25) is 0 Å². The molecule has 4 heterocycles. The molecule has 2 unspecified atom stereocenters. The molecule has 0 bridgehead atoms. The van der Waals surface area contributed by atoms with Gasteiger partial charge in [-0.15, -0.1) is 0 Å². The Balaban J connectivity index is 0.000000181. The average molecular weight is 623 g/mol. The fraction of sp³-hybridized carbons (Fsp3) is 0.421. The summed E-state index contributed by atoms with van der Waals surface area (Å²) >= 11 is 0. The smallest absolute Gasteiger partial charge is 0.124 e. The van der Waals surface area contributed by atoms with Crippen LogP contribution in [0.3, 0.4) is 0 Å². The number of ether oxygens (including phenoxy) is 2. The molecule has 4 N–H and O–H groups in total. The standard InChI is InChI=1S/2C19H25N3O/c2*1-13(2)17-11-14(23-15-9-10-22(3)12-15)7-8-16(17)18-5-4-6-19(20)21-18/h2*4-8,11,13,15H,9-10,12H2,1-3H3,(H2,20,21). The molecule has 2 aromatic heterocycles. The number of likely N-dealkylation sites (tertiary alicyclic amines) is 2.